The van der Waals surface area contributed by atoms with Gasteiger partial charge in [0, 0.05) is 0 Å². The number of carbonyl (C=O) groups excluding carboxylic acids is 1. The van der Waals surface area contributed by atoms with Crippen LogP contribution in [0, 0.1) is 17.8 Å². The van der Waals surface area contributed by atoms with Gasteiger partial charge < -0.3 is 10.1 Å². The molecule has 1 aliphatic rings. The standard InChI is InChI=1S/C14H24INO2/c1-4-6-8-12-11(7-5-2)13(12)9-18-14(17)16-10(3)15/h4,10-13H,1,5-9H2,2-3H3,(H,16,17)/t10-,11-,12+,13-/m0/s1. The summed E-state index contributed by atoms with van der Waals surface area (Å²) in [7, 11) is 0. The van der Waals surface area contributed by atoms with Crippen LogP contribution in [0.3, 0.4) is 0 Å². The summed E-state index contributed by atoms with van der Waals surface area (Å²) in [5.74, 6) is 2.05. The van der Waals surface area contributed by atoms with E-state index in [1.165, 1.54) is 19.3 Å². The monoisotopic (exact) mass is 365 g/mol. The quantitative estimate of drug-likeness (QED) is 0.304. The molecule has 0 bridgehead atoms. The van der Waals surface area contributed by atoms with Crippen LogP contribution in [0.4, 0.5) is 4.79 Å². The number of alkyl halides is 1. The molecule has 104 valence electrons. The van der Waals surface area contributed by atoms with Crippen LogP contribution >= 0.6 is 22.6 Å². The summed E-state index contributed by atoms with van der Waals surface area (Å²) >= 11 is 2.15. The Morgan fingerprint density at radius 2 is 2.11 bits per heavy atom. The Balaban J connectivity index is 2.27. The van der Waals surface area contributed by atoms with Crippen molar-refractivity contribution in [2.45, 2.75) is 43.6 Å². The van der Waals surface area contributed by atoms with Crippen LogP contribution in [-0.2, 0) is 4.74 Å². The molecule has 0 saturated heterocycles. The zero-order valence-corrected chi connectivity index (χ0v) is 13.5. The molecule has 3 nitrogen and oxygen atoms in total. The molecule has 0 aromatic heterocycles. The molecule has 0 aromatic rings. The van der Waals surface area contributed by atoms with Crippen LogP contribution < -0.4 is 5.32 Å². The van der Waals surface area contributed by atoms with Crippen LogP contribution in [0.25, 0.3) is 0 Å². The Hall–Kier alpha value is -0.260. The molecule has 4 atom stereocenters. The summed E-state index contributed by atoms with van der Waals surface area (Å²) in [6.07, 6.45) is 6.40. The molecular formula is C14H24INO2. The summed E-state index contributed by atoms with van der Waals surface area (Å²) < 4.78 is 5.39. The molecule has 18 heavy (non-hydrogen) atoms. The topological polar surface area (TPSA) is 38.3 Å². The lowest BCUT2D eigenvalue weighted by Gasteiger charge is -2.08. The van der Waals surface area contributed by atoms with Crippen LogP contribution in [0.5, 0.6) is 0 Å². The number of halogens is 1. The fraction of sp³-hybridized carbons (Fsp3) is 0.786. The normalized spacial score (nSPS) is 27.4. The minimum atomic E-state index is -0.290. The molecule has 1 amide bonds. The summed E-state index contributed by atoms with van der Waals surface area (Å²) in [6, 6.07) is 0. The first-order valence-corrected chi connectivity index (χ1v) is 8.03. The van der Waals surface area contributed by atoms with Crippen LogP contribution in [0.1, 0.15) is 39.5 Å². The van der Waals surface area contributed by atoms with Gasteiger partial charge in [-0.15, -0.1) is 6.58 Å². The van der Waals surface area contributed by atoms with Gasteiger partial charge in [0.1, 0.15) is 0 Å². The first-order chi connectivity index (χ1) is 8.60. The predicted octanol–water partition coefficient (Wildman–Crippen LogP) is 4.12. The largest absolute Gasteiger partial charge is 0.449 e. The molecule has 4 heteroatoms. The zero-order chi connectivity index (χ0) is 13.5. The average molecular weight is 365 g/mol. The molecule has 0 aromatic carbocycles. The summed E-state index contributed by atoms with van der Waals surface area (Å²) in [6.45, 7) is 8.47. The van der Waals surface area contributed by atoms with E-state index in [9.17, 15) is 4.79 Å². The fourth-order valence-electron chi connectivity index (χ4n) is 2.65. The van der Waals surface area contributed by atoms with Gasteiger partial charge >= 0.3 is 6.09 Å². The van der Waals surface area contributed by atoms with E-state index in [4.69, 9.17) is 4.74 Å². The molecule has 1 rings (SSSR count). The highest BCUT2D eigenvalue weighted by Gasteiger charge is 2.48. The fourth-order valence-corrected chi connectivity index (χ4v) is 2.90. The van der Waals surface area contributed by atoms with Gasteiger partial charge in [0.05, 0.1) is 10.7 Å². The van der Waals surface area contributed by atoms with Gasteiger partial charge in [-0.05, 0) is 37.5 Å². The minimum Gasteiger partial charge on any atom is -0.449 e. The van der Waals surface area contributed by atoms with E-state index in [0.717, 1.165) is 18.3 Å². The third-order valence-corrected chi connectivity index (χ3v) is 3.87. The van der Waals surface area contributed by atoms with Gasteiger partial charge in [0.25, 0.3) is 0 Å². The SMILES string of the molecule is C=CCC[C@@H]1[C@H](CCC)[C@@H]1COC(=O)N[C@@H](C)I. The van der Waals surface area contributed by atoms with E-state index in [1.54, 1.807) is 0 Å². The second-order valence-electron chi connectivity index (χ2n) is 5.01. The Labute approximate surface area is 124 Å². The Kier molecular flexibility index (Phi) is 7.04. The second kappa shape index (κ2) is 8.02. The number of ether oxygens (including phenoxy) is 1. The third kappa shape index (κ3) is 5.16. The number of amides is 1. The van der Waals surface area contributed by atoms with Crippen molar-refractivity contribution in [3.63, 3.8) is 0 Å². The Morgan fingerprint density at radius 3 is 2.67 bits per heavy atom. The summed E-state index contributed by atoms with van der Waals surface area (Å²) in [4.78, 5) is 11.4. The predicted molar refractivity (Wildman–Crippen MR) is 82.8 cm³/mol. The van der Waals surface area contributed by atoms with Crippen molar-refractivity contribution >= 4 is 28.7 Å². The molecule has 0 heterocycles. The van der Waals surface area contributed by atoms with Gasteiger partial charge in [-0.1, -0.05) is 48.4 Å². The highest BCUT2D eigenvalue weighted by Crippen LogP contribution is 2.52. The second-order valence-corrected chi connectivity index (χ2v) is 6.87. The van der Waals surface area contributed by atoms with Crippen LogP contribution in [0.2, 0.25) is 0 Å². The smallest absolute Gasteiger partial charge is 0.407 e. The minimum absolute atomic E-state index is 0.109. The summed E-state index contributed by atoms with van der Waals surface area (Å²) in [5, 5.41) is 2.74. The van der Waals surface area contributed by atoms with E-state index < -0.39 is 0 Å². The van der Waals surface area contributed by atoms with Crippen molar-refractivity contribution < 1.29 is 9.53 Å². The number of alkyl carbamates (subject to hydrolysis) is 1. The lowest BCUT2D eigenvalue weighted by molar-refractivity contribution is 0.137. The lowest BCUT2D eigenvalue weighted by atomic mass is 10.1. The van der Waals surface area contributed by atoms with Gasteiger partial charge in [0.2, 0.25) is 0 Å². The number of hydrogen-bond donors (Lipinski definition) is 1. The number of rotatable bonds is 8. The summed E-state index contributed by atoms with van der Waals surface area (Å²) in [5.41, 5.74) is 0. The van der Waals surface area contributed by atoms with Gasteiger partial charge in [-0.3, -0.25) is 0 Å². The first-order valence-electron chi connectivity index (χ1n) is 6.78. The highest BCUT2D eigenvalue weighted by molar-refractivity contribution is 14.1. The lowest BCUT2D eigenvalue weighted by Crippen LogP contribution is -2.29. The van der Waals surface area contributed by atoms with E-state index in [1.807, 2.05) is 13.0 Å². The van der Waals surface area contributed by atoms with Crippen molar-refractivity contribution in [1.82, 2.24) is 5.32 Å². The maximum absolute atomic E-state index is 11.4. The van der Waals surface area contributed by atoms with E-state index in [-0.39, 0.29) is 10.1 Å². The maximum atomic E-state index is 11.4. The van der Waals surface area contributed by atoms with E-state index in [0.29, 0.717) is 12.5 Å². The molecule has 0 aliphatic heterocycles. The first kappa shape index (κ1) is 15.8. The van der Waals surface area contributed by atoms with Crippen molar-refractivity contribution in [3.8, 4) is 0 Å². The van der Waals surface area contributed by atoms with Crippen molar-refractivity contribution in [2.24, 2.45) is 17.8 Å². The molecule has 1 aliphatic carbocycles. The van der Waals surface area contributed by atoms with Gasteiger partial charge in [-0.25, -0.2) is 4.79 Å². The third-order valence-electron chi connectivity index (χ3n) is 3.56. The molecule has 1 fully saturated rings. The molecule has 0 unspecified atom stereocenters. The molecular weight excluding hydrogens is 341 g/mol. The number of nitrogens with one attached hydrogen (secondary N) is 1. The molecule has 0 spiro atoms. The van der Waals surface area contributed by atoms with Crippen molar-refractivity contribution in [1.29, 1.82) is 0 Å². The van der Waals surface area contributed by atoms with Gasteiger partial charge in [-0.2, -0.15) is 0 Å². The van der Waals surface area contributed by atoms with Crippen molar-refractivity contribution in [2.75, 3.05) is 6.61 Å². The van der Waals surface area contributed by atoms with E-state index >= 15 is 0 Å². The van der Waals surface area contributed by atoms with Gasteiger partial charge in [0.15, 0.2) is 0 Å². The Bertz CT molecular complexity index is 281. The van der Waals surface area contributed by atoms with Crippen LogP contribution in [-0.4, -0.2) is 16.7 Å². The van der Waals surface area contributed by atoms with Crippen molar-refractivity contribution in [3.05, 3.63) is 12.7 Å². The average Bonchev–Trinajstić information content (AvgIpc) is 2.95. The maximum Gasteiger partial charge on any atom is 0.407 e. The van der Waals surface area contributed by atoms with E-state index in [2.05, 4.69) is 41.4 Å². The molecule has 0 radical (unpaired) electrons. The number of carbonyl (C=O) groups is 1. The molecule has 1 saturated carbocycles. The van der Waals surface area contributed by atoms with Crippen LogP contribution in [0.15, 0.2) is 12.7 Å². The molecule has 1 N–H and O–H groups in total. The number of allylic oxidation sites excluding steroid dienone is 1. The number of hydrogen-bond acceptors (Lipinski definition) is 2. The highest BCUT2D eigenvalue weighted by atomic mass is 127. The Morgan fingerprint density at radius 1 is 1.44 bits per heavy atom. The zero-order valence-electron chi connectivity index (χ0n) is 11.3.